The molecule has 2 aromatic carbocycles. The van der Waals surface area contributed by atoms with Gasteiger partial charge in [0.05, 0.1) is 11.8 Å². The van der Waals surface area contributed by atoms with Crippen molar-refractivity contribution < 1.29 is 4.79 Å². The van der Waals surface area contributed by atoms with Crippen LogP contribution in [-0.4, -0.2) is 11.7 Å². The maximum absolute atomic E-state index is 12.1. The number of carbonyl (C=O) groups is 1. The molecule has 0 aliphatic heterocycles. The van der Waals surface area contributed by atoms with E-state index in [2.05, 4.69) is 56.4 Å². The molecule has 0 bridgehead atoms. The third-order valence-electron chi connectivity index (χ3n) is 4.16. The van der Waals surface area contributed by atoms with E-state index in [-0.39, 0.29) is 11.9 Å². The lowest BCUT2D eigenvalue weighted by Crippen LogP contribution is -2.28. The first-order valence-corrected chi connectivity index (χ1v) is 9.11. The highest BCUT2D eigenvalue weighted by atomic mass is 32.2. The predicted octanol–water partition coefficient (Wildman–Crippen LogP) is 4.72. The Kier molecular flexibility index (Phi) is 6.28. The van der Waals surface area contributed by atoms with Gasteiger partial charge in [0.25, 0.3) is 0 Å². The van der Waals surface area contributed by atoms with Crippen LogP contribution in [0.1, 0.15) is 40.8 Å². The van der Waals surface area contributed by atoms with Crippen molar-refractivity contribution in [3.63, 3.8) is 0 Å². The highest BCUT2D eigenvalue weighted by molar-refractivity contribution is 7.99. The first kappa shape index (κ1) is 17.6. The third-order valence-corrected chi connectivity index (χ3v) is 5.14. The van der Waals surface area contributed by atoms with Crippen molar-refractivity contribution in [1.82, 2.24) is 5.32 Å². The Hall–Kier alpha value is -1.74. The SMILES string of the molecule is Cc1ccc([C@@H](C)NC(=O)CSCc2ccccc2C)cc1C. The van der Waals surface area contributed by atoms with Crippen LogP contribution in [0.5, 0.6) is 0 Å². The number of nitrogens with one attached hydrogen (secondary N) is 1. The molecule has 2 aromatic rings. The Morgan fingerprint density at radius 2 is 1.78 bits per heavy atom. The largest absolute Gasteiger partial charge is 0.349 e. The van der Waals surface area contributed by atoms with E-state index in [1.807, 2.05) is 19.1 Å². The van der Waals surface area contributed by atoms with Gasteiger partial charge in [0.2, 0.25) is 5.91 Å². The molecule has 1 amide bonds. The lowest BCUT2D eigenvalue weighted by Gasteiger charge is -2.15. The van der Waals surface area contributed by atoms with Gasteiger partial charge in [0.1, 0.15) is 0 Å². The Morgan fingerprint density at radius 3 is 2.48 bits per heavy atom. The zero-order valence-electron chi connectivity index (χ0n) is 14.3. The molecule has 0 aliphatic carbocycles. The maximum Gasteiger partial charge on any atom is 0.230 e. The average molecular weight is 327 g/mol. The molecule has 0 unspecified atom stereocenters. The number of thioether (sulfide) groups is 1. The lowest BCUT2D eigenvalue weighted by molar-refractivity contribution is -0.119. The van der Waals surface area contributed by atoms with Crippen LogP contribution in [0.2, 0.25) is 0 Å². The van der Waals surface area contributed by atoms with Crippen LogP contribution in [0.3, 0.4) is 0 Å². The summed E-state index contributed by atoms with van der Waals surface area (Å²) in [4.78, 5) is 12.1. The monoisotopic (exact) mass is 327 g/mol. The first-order chi connectivity index (χ1) is 11.0. The minimum atomic E-state index is 0.0425. The molecule has 23 heavy (non-hydrogen) atoms. The van der Waals surface area contributed by atoms with Crippen LogP contribution < -0.4 is 5.32 Å². The minimum Gasteiger partial charge on any atom is -0.349 e. The molecule has 0 fully saturated rings. The summed E-state index contributed by atoms with van der Waals surface area (Å²) in [6.45, 7) is 8.35. The van der Waals surface area contributed by atoms with Gasteiger partial charge in [0, 0.05) is 5.75 Å². The fraction of sp³-hybridized carbons (Fsp3) is 0.350. The van der Waals surface area contributed by atoms with Crippen LogP contribution in [0, 0.1) is 20.8 Å². The summed E-state index contributed by atoms with van der Waals surface area (Å²) >= 11 is 1.66. The maximum atomic E-state index is 12.1. The summed E-state index contributed by atoms with van der Waals surface area (Å²) in [5.41, 5.74) is 6.28. The normalized spacial score (nSPS) is 12.0. The number of carbonyl (C=O) groups excluding carboxylic acids is 1. The molecule has 1 atom stereocenters. The van der Waals surface area contributed by atoms with Crippen molar-refractivity contribution in [3.8, 4) is 0 Å². The van der Waals surface area contributed by atoms with E-state index in [4.69, 9.17) is 0 Å². The summed E-state index contributed by atoms with van der Waals surface area (Å²) < 4.78 is 0. The highest BCUT2D eigenvalue weighted by Crippen LogP contribution is 2.18. The number of hydrogen-bond donors (Lipinski definition) is 1. The van der Waals surface area contributed by atoms with Crippen LogP contribution in [0.4, 0.5) is 0 Å². The Bertz CT molecular complexity index is 681. The molecule has 1 N–H and O–H groups in total. The zero-order chi connectivity index (χ0) is 16.8. The van der Waals surface area contributed by atoms with Crippen molar-refractivity contribution in [2.45, 2.75) is 39.5 Å². The van der Waals surface area contributed by atoms with Gasteiger partial charge in [-0.1, -0.05) is 42.5 Å². The summed E-state index contributed by atoms with van der Waals surface area (Å²) in [7, 11) is 0. The standard InChI is InChI=1S/C20H25NOS/c1-14-9-10-18(11-16(14)3)17(4)21-20(22)13-23-12-19-8-6-5-7-15(19)2/h5-11,17H,12-13H2,1-4H3,(H,21,22)/t17-/m1/s1. The fourth-order valence-electron chi connectivity index (χ4n) is 2.43. The van der Waals surface area contributed by atoms with Crippen molar-refractivity contribution in [3.05, 3.63) is 70.3 Å². The van der Waals surface area contributed by atoms with Crippen LogP contribution >= 0.6 is 11.8 Å². The van der Waals surface area contributed by atoms with Crippen molar-refractivity contribution in [1.29, 1.82) is 0 Å². The second-order valence-electron chi connectivity index (χ2n) is 6.05. The van der Waals surface area contributed by atoms with E-state index in [9.17, 15) is 4.79 Å². The molecule has 0 aromatic heterocycles. The molecule has 2 rings (SSSR count). The molecule has 122 valence electrons. The van der Waals surface area contributed by atoms with E-state index in [1.165, 1.54) is 22.3 Å². The molecular weight excluding hydrogens is 302 g/mol. The van der Waals surface area contributed by atoms with E-state index in [0.29, 0.717) is 5.75 Å². The van der Waals surface area contributed by atoms with Crippen molar-refractivity contribution in [2.75, 3.05) is 5.75 Å². The fourth-order valence-corrected chi connectivity index (χ4v) is 3.34. The van der Waals surface area contributed by atoms with Crippen LogP contribution in [0.15, 0.2) is 42.5 Å². The zero-order valence-corrected chi connectivity index (χ0v) is 15.2. The minimum absolute atomic E-state index is 0.0425. The van der Waals surface area contributed by atoms with Gasteiger partial charge >= 0.3 is 0 Å². The second-order valence-corrected chi connectivity index (χ2v) is 7.04. The van der Waals surface area contributed by atoms with Crippen LogP contribution in [0.25, 0.3) is 0 Å². The van der Waals surface area contributed by atoms with Gasteiger partial charge in [0.15, 0.2) is 0 Å². The summed E-state index contributed by atoms with van der Waals surface area (Å²) in [6.07, 6.45) is 0. The first-order valence-electron chi connectivity index (χ1n) is 7.96. The number of benzene rings is 2. The molecule has 2 nitrogen and oxygen atoms in total. The van der Waals surface area contributed by atoms with E-state index in [1.54, 1.807) is 11.8 Å². The van der Waals surface area contributed by atoms with Gasteiger partial charge < -0.3 is 5.32 Å². The van der Waals surface area contributed by atoms with Crippen LogP contribution in [-0.2, 0) is 10.5 Å². The second kappa shape index (κ2) is 8.21. The van der Waals surface area contributed by atoms with Gasteiger partial charge in [-0.05, 0) is 55.5 Å². The Labute approximate surface area is 143 Å². The Balaban J connectivity index is 1.82. The van der Waals surface area contributed by atoms with Gasteiger partial charge in [-0.25, -0.2) is 0 Å². The van der Waals surface area contributed by atoms with E-state index in [0.717, 1.165) is 11.3 Å². The summed E-state index contributed by atoms with van der Waals surface area (Å²) in [6, 6.07) is 14.7. The number of amides is 1. The van der Waals surface area contributed by atoms with E-state index >= 15 is 0 Å². The molecule has 0 radical (unpaired) electrons. The Morgan fingerprint density at radius 1 is 1.04 bits per heavy atom. The van der Waals surface area contributed by atoms with E-state index < -0.39 is 0 Å². The molecular formula is C20H25NOS. The topological polar surface area (TPSA) is 29.1 Å². The lowest BCUT2D eigenvalue weighted by atomic mass is 10.0. The smallest absolute Gasteiger partial charge is 0.230 e. The molecule has 0 heterocycles. The highest BCUT2D eigenvalue weighted by Gasteiger charge is 2.10. The third kappa shape index (κ3) is 5.14. The molecule has 0 saturated carbocycles. The molecule has 3 heteroatoms. The summed E-state index contributed by atoms with van der Waals surface area (Å²) in [5.74, 6) is 1.45. The molecule has 0 spiro atoms. The average Bonchev–Trinajstić information content (AvgIpc) is 2.51. The van der Waals surface area contributed by atoms with Gasteiger partial charge in [-0.2, -0.15) is 0 Å². The molecule has 0 aliphatic rings. The quantitative estimate of drug-likeness (QED) is 0.831. The predicted molar refractivity (Wildman–Crippen MR) is 99.8 cm³/mol. The van der Waals surface area contributed by atoms with Gasteiger partial charge in [-0.15, -0.1) is 11.8 Å². The number of aryl methyl sites for hydroxylation is 3. The van der Waals surface area contributed by atoms with Gasteiger partial charge in [-0.3, -0.25) is 4.79 Å². The van der Waals surface area contributed by atoms with Crippen molar-refractivity contribution in [2.24, 2.45) is 0 Å². The van der Waals surface area contributed by atoms with Crippen molar-refractivity contribution >= 4 is 17.7 Å². The molecule has 0 saturated heterocycles. The summed E-state index contributed by atoms with van der Waals surface area (Å²) in [5, 5.41) is 3.08. The number of rotatable bonds is 6. The number of hydrogen-bond acceptors (Lipinski definition) is 2.